The van der Waals surface area contributed by atoms with E-state index < -0.39 is 87.9 Å². The fraction of sp³-hybridized carbons (Fsp3) is 0.850. The van der Waals surface area contributed by atoms with Gasteiger partial charge in [0.1, 0.15) is 12.2 Å². The topological polar surface area (TPSA) is 149 Å². The second-order valence-electron chi connectivity index (χ2n) is 10.7. The zero-order valence-corrected chi connectivity index (χ0v) is 16.9. The molecule has 10 nitrogen and oxygen atoms in total. The molecule has 0 aromatic carbocycles. The highest BCUT2D eigenvalue weighted by Crippen LogP contribution is 2.84. The molecule has 0 bridgehead atoms. The maximum atomic E-state index is 13.4. The molecule has 4 aliphatic heterocycles. The van der Waals surface area contributed by atoms with Gasteiger partial charge < -0.3 is 34.3 Å². The van der Waals surface area contributed by atoms with E-state index in [1.54, 1.807) is 0 Å². The highest BCUT2D eigenvalue weighted by Gasteiger charge is 3.03. The van der Waals surface area contributed by atoms with Crippen molar-refractivity contribution in [2.24, 2.45) is 28.1 Å². The summed E-state index contributed by atoms with van der Waals surface area (Å²) in [5.41, 5.74) is -8.26. The van der Waals surface area contributed by atoms with E-state index in [-0.39, 0.29) is 6.42 Å². The lowest BCUT2D eigenvalue weighted by molar-refractivity contribution is -0.239. The zero-order chi connectivity index (χ0) is 21.8. The monoisotopic (exact) mass is 424 g/mol. The van der Waals surface area contributed by atoms with Crippen LogP contribution in [0.25, 0.3) is 0 Å². The van der Waals surface area contributed by atoms with Gasteiger partial charge in [-0.15, -0.1) is 0 Å². The first-order valence-electron chi connectivity index (χ1n) is 10.2. The van der Waals surface area contributed by atoms with Crippen molar-refractivity contribution >= 4 is 17.9 Å². The van der Waals surface area contributed by atoms with Crippen molar-refractivity contribution in [1.29, 1.82) is 0 Å². The number of fused-ring (bicyclic) bond motifs is 1. The van der Waals surface area contributed by atoms with Gasteiger partial charge in [0.2, 0.25) is 11.9 Å². The molecule has 10 heteroatoms. The molecule has 2 spiro atoms. The van der Waals surface area contributed by atoms with Gasteiger partial charge in [-0.2, -0.15) is 0 Å². The van der Waals surface area contributed by atoms with Gasteiger partial charge in [0.05, 0.1) is 16.7 Å². The number of carbonyl (C=O) groups excluding carboxylic acids is 3. The quantitative estimate of drug-likeness (QED) is 0.314. The van der Waals surface area contributed by atoms with E-state index in [9.17, 15) is 29.7 Å². The minimum Gasteiger partial charge on any atom is -0.459 e. The lowest BCUT2D eigenvalue weighted by Crippen LogP contribution is -2.67. The second-order valence-corrected chi connectivity index (χ2v) is 10.7. The molecule has 0 aromatic rings. The number of ether oxygens (including phenoxy) is 4. The summed E-state index contributed by atoms with van der Waals surface area (Å²) < 4.78 is 22.5. The molecule has 3 N–H and O–H groups in total. The summed E-state index contributed by atoms with van der Waals surface area (Å²) in [5.74, 6) is -4.32. The summed E-state index contributed by atoms with van der Waals surface area (Å²) in [4.78, 5) is 38.2. The molecule has 4 heterocycles. The Morgan fingerprint density at radius 3 is 2.33 bits per heavy atom. The maximum absolute atomic E-state index is 13.4. The van der Waals surface area contributed by atoms with E-state index in [1.807, 2.05) is 20.8 Å². The largest absolute Gasteiger partial charge is 0.459 e. The Morgan fingerprint density at radius 1 is 1.03 bits per heavy atom. The molecule has 2 aliphatic carbocycles. The van der Waals surface area contributed by atoms with Crippen LogP contribution in [-0.4, -0.2) is 75.1 Å². The summed E-state index contributed by atoms with van der Waals surface area (Å²) >= 11 is 0. The summed E-state index contributed by atoms with van der Waals surface area (Å²) in [6, 6.07) is 0. The summed E-state index contributed by atoms with van der Waals surface area (Å²) in [6.45, 7) is 7.14. The Morgan fingerprint density at radius 2 is 1.70 bits per heavy atom. The fourth-order valence-electron chi connectivity index (χ4n) is 8.12. The lowest BCUT2D eigenvalue weighted by atomic mass is 9.51. The predicted molar refractivity (Wildman–Crippen MR) is 92.0 cm³/mol. The van der Waals surface area contributed by atoms with E-state index in [2.05, 4.69) is 0 Å². The van der Waals surface area contributed by atoms with Crippen LogP contribution in [0.3, 0.4) is 0 Å². The van der Waals surface area contributed by atoms with E-state index in [1.165, 1.54) is 6.92 Å². The molecule has 0 aromatic heterocycles. The van der Waals surface area contributed by atoms with Gasteiger partial charge in [0.25, 0.3) is 0 Å². The number of aliphatic hydroxyl groups excluding tert-OH is 2. The Balaban J connectivity index is 1.72. The third-order valence-corrected chi connectivity index (χ3v) is 9.00. The van der Waals surface area contributed by atoms with Gasteiger partial charge in [-0.25, -0.2) is 9.59 Å². The van der Waals surface area contributed by atoms with Crippen LogP contribution in [0.5, 0.6) is 0 Å². The fourth-order valence-corrected chi connectivity index (χ4v) is 8.12. The number of hydrogen-bond donors (Lipinski definition) is 3. The number of esters is 3. The van der Waals surface area contributed by atoms with Crippen LogP contribution < -0.4 is 0 Å². The Bertz CT molecular complexity index is 925. The van der Waals surface area contributed by atoms with Gasteiger partial charge in [-0.05, 0) is 24.7 Å². The summed E-state index contributed by atoms with van der Waals surface area (Å²) in [7, 11) is 0. The van der Waals surface area contributed by atoms with Crippen LogP contribution in [0, 0.1) is 28.1 Å². The van der Waals surface area contributed by atoms with Crippen molar-refractivity contribution in [3.05, 3.63) is 0 Å². The van der Waals surface area contributed by atoms with Crippen molar-refractivity contribution in [1.82, 2.24) is 0 Å². The number of carbonyl (C=O) groups is 3. The second kappa shape index (κ2) is 4.69. The van der Waals surface area contributed by atoms with E-state index in [0.29, 0.717) is 0 Å². The van der Waals surface area contributed by atoms with E-state index >= 15 is 0 Å². The zero-order valence-electron chi connectivity index (χ0n) is 16.9. The van der Waals surface area contributed by atoms with Crippen LogP contribution in [0.4, 0.5) is 0 Å². The molecule has 11 atom stereocenters. The standard InChI is InChI=1S/C20H24O10/c1-6-12(23)28-11-9(21)18-8-5-7(16(2,3)4)17(18)10(22)13(24)29-15(17)30-20(18,14(25)27-8)19(6,11)26/h6-11,15,21-22,26H,5H2,1-4H3/t6-,7+,8-,9+,10?,11+,15+,17?,18?,19-,20-/m1/s1. The van der Waals surface area contributed by atoms with Crippen molar-refractivity contribution in [2.45, 2.75) is 76.0 Å². The molecular formula is C20H24O10. The minimum atomic E-state index is -2.24. The van der Waals surface area contributed by atoms with Crippen molar-refractivity contribution in [3.8, 4) is 0 Å². The Labute approximate surface area is 171 Å². The molecule has 0 radical (unpaired) electrons. The molecule has 3 unspecified atom stereocenters. The highest BCUT2D eigenvalue weighted by atomic mass is 16.8. The van der Waals surface area contributed by atoms with Crippen LogP contribution >= 0.6 is 0 Å². The Hall–Kier alpha value is -1.75. The molecule has 6 fully saturated rings. The van der Waals surface area contributed by atoms with Crippen molar-refractivity contribution in [3.63, 3.8) is 0 Å². The van der Waals surface area contributed by atoms with Gasteiger partial charge in [0, 0.05) is 0 Å². The summed E-state index contributed by atoms with van der Waals surface area (Å²) in [5, 5.41) is 34.7. The number of rotatable bonds is 0. The third kappa shape index (κ3) is 1.33. The molecule has 6 aliphatic rings. The molecule has 6 rings (SSSR count). The van der Waals surface area contributed by atoms with Gasteiger partial charge in [0.15, 0.2) is 17.8 Å². The molecule has 30 heavy (non-hydrogen) atoms. The van der Waals surface area contributed by atoms with Crippen LogP contribution in [0.2, 0.25) is 0 Å². The maximum Gasteiger partial charge on any atom is 0.343 e. The van der Waals surface area contributed by atoms with Gasteiger partial charge >= 0.3 is 17.9 Å². The van der Waals surface area contributed by atoms with Gasteiger partial charge in [-0.1, -0.05) is 20.8 Å². The molecule has 4 saturated heterocycles. The number of hydrogen-bond acceptors (Lipinski definition) is 10. The van der Waals surface area contributed by atoms with Crippen LogP contribution in [-0.2, 0) is 33.3 Å². The predicted octanol–water partition coefficient (Wildman–Crippen LogP) is -1.37. The minimum absolute atomic E-state index is 0.229. The smallest absolute Gasteiger partial charge is 0.343 e. The first-order chi connectivity index (χ1) is 13.8. The van der Waals surface area contributed by atoms with Crippen molar-refractivity contribution in [2.75, 3.05) is 0 Å². The average molecular weight is 424 g/mol. The average Bonchev–Trinajstić information content (AvgIpc) is 3.35. The van der Waals surface area contributed by atoms with Gasteiger partial charge in [-0.3, -0.25) is 4.79 Å². The first kappa shape index (κ1) is 19.0. The van der Waals surface area contributed by atoms with Crippen LogP contribution in [0.15, 0.2) is 0 Å². The van der Waals surface area contributed by atoms with Crippen LogP contribution in [0.1, 0.15) is 34.1 Å². The van der Waals surface area contributed by atoms with E-state index in [4.69, 9.17) is 18.9 Å². The molecule has 2 saturated carbocycles. The number of aliphatic hydroxyl groups is 3. The molecule has 0 amide bonds. The SMILES string of the molecule is C[C@@H]1C(=O)O[C@H]2[C@H](O)C34[C@H]5C[C@@H](C(C)(C)C)C36C(O)C(=O)O[C@H]6O[C@@]4(C(=O)O5)[C@@]12O. The Kier molecular flexibility index (Phi) is 2.97. The first-order valence-corrected chi connectivity index (χ1v) is 10.2. The third-order valence-electron chi connectivity index (χ3n) is 9.00. The normalized spacial score (nSPS) is 60.1. The molecular weight excluding hydrogens is 400 g/mol. The van der Waals surface area contributed by atoms with Crippen molar-refractivity contribution < 1.29 is 48.7 Å². The van der Waals surface area contributed by atoms with E-state index in [0.717, 1.165) is 0 Å². The lowest BCUT2D eigenvalue weighted by Gasteiger charge is -2.47. The summed E-state index contributed by atoms with van der Waals surface area (Å²) in [6.07, 6.45) is -6.91. The highest BCUT2D eigenvalue weighted by molar-refractivity contribution is 5.94. The molecule has 164 valence electrons.